The number of nitrogens with one attached hydrogen (secondary N) is 1. The van der Waals surface area contributed by atoms with Crippen molar-refractivity contribution in [3.63, 3.8) is 0 Å². The fraction of sp³-hybridized carbons (Fsp3) is 0.409. The number of carbonyl (C=O) groups is 2. The van der Waals surface area contributed by atoms with Crippen LogP contribution in [0.4, 0.5) is 24.7 Å². The van der Waals surface area contributed by atoms with Crippen molar-refractivity contribution in [2.45, 2.75) is 25.4 Å². The van der Waals surface area contributed by atoms with Gasteiger partial charge in [0.05, 0.1) is 5.56 Å². The molecule has 4 rings (SSSR count). The third-order valence-electron chi connectivity index (χ3n) is 5.85. The van der Waals surface area contributed by atoms with E-state index >= 15 is 0 Å². The minimum absolute atomic E-state index is 0.00770. The molecule has 1 atom stereocenters. The number of carbonyl (C=O) groups excluding carboxylic acids is 2. The third kappa shape index (κ3) is 4.81. The molecule has 31 heavy (non-hydrogen) atoms. The molecule has 2 amide bonds. The van der Waals surface area contributed by atoms with Crippen molar-refractivity contribution in [3.8, 4) is 0 Å². The van der Waals surface area contributed by atoms with Crippen LogP contribution in [0.1, 0.15) is 24.0 Å². The Hall–Kier alpha value is -3.10. The number of halogens is 3. The quantitative estimate of drug-likeness (QED) is 0.805. The van der Waals surface area contributed by atoms with E-state index in [4.69, 9.17) is 0 Å². The van der Waals surface area contributed by atoms with Crippen molar-refractivity contribution in [2.75, 3.05) is 36.4 Å². The Morgan fingerprint density at radius 3 is 2.52 bits per heavy atom. The summed E-state index contributed by atoms with van der Waals surface area (Å²) < 4.78 is 38.1. The first-order chi connectivity index (χ1) is 14.8. The molecule has 0 aliphatic carbocycles. The predicted octanol–water partition coefficient (Wildman–Crippen LogP) is 3.34. The second kappa shape index (κ2) is 8.56. The SMILES string of the molecule is O=C1Nc2ccccc2CC1CCC(=O)N1CCN(c2ccc(C(F)(F)F)cn2)CC1. The lowest BCUT2D eigenvalue weighted by molar-refractivity contribution is -0.138. The van der Waals surface area contributed by atoms with Gasteiger partial charge in [-0.1, -0.05) is 18.2 Å². The maximum absolute atomic E-state index is 12.7. The molecule has 1 N–H and O–H groups in total. The number of anilines is 2. The van der Waals surface area contributed by atoms with Gasteiger partial charge in [0.15, 0.2) is 0 Å². The monoisotopic (exact) mass is 432 g/mol. The highest BCUT2D eigenvalue weighted by Gasteiger charge is 2.31. The highest BCUT2D eigenvalue weighted by molar-refractivity contribution is 5.96. The number of rotatable bonds is 4. The molecule has 0 saturated carbocycles. The average molecular weight is 432 g/mol. The van der Waals surface area contributed by atoms with Gasteiger partial charge in [0.25, 0.3) is 0 Å². The van der Waals surface area contributed by atoms with Gasteiger partial charge in [0.1, 0.15) is 5.82 Å². The molecule has 1 aromatic heterocycles. The highest BCUT2D eigenvalue weighted by atomic mass is 19.4. The van der Waals surface area contributed by atoms with Gasteiger partial charge in [-0.25, -0.2) is 4.98 Å². The topological polar surface area (TPSA) is 65.5 Å². The van der Waals surface area contributed by atoms with Gasteiger partial charge in [0.2, 0.25) is 11.8 Å². The lowest BCUT2D eigenvalue weighted by atomic mass is 9.89. The summed E-state index contributed by atoms with van der Waals surface area (Å²) in [5.41, 5.74) is 1.14. The summed E-state index contributed by atoms with van der Waals surface area (Å²) in [7, 11) is 0. The van der Waals surface area contributed by atoms with E-state index in [0.29, 0.717) is 51.3 Å². The minimum atomic E-state index is -4.41. The van der Waals surface area contributed by atoms with E-state index < -0.39 is 11.7 Å². The molecule has 1 saturated heterocycles. The summed E-state index contributed by atoms with van der Waals surface area (Å²) >= 11 is 0. The second-order valence-electron chi connectivity index (χ2n) is 7.86. The third-order valence-corrected chi connectivity index (χ3v) is 5.85. The predicted molar refractivity (Wildman–Crippen MR) is 110 cm³/mol. The zero-order valence-corrected chi connectivity index (χ0v) is 16.9. The number of alkyl halides is 3. The molecule has 3 heterocycles. The maximum atomic E-state index is 12.7. The van der Waals surface area contributed by atoms with Crippen molar-refractivity contribution in [1.29, 1.82) is 0 Å². The van der Waals surface area contributed by atoms with E-state index in [1.54, 1.807) is 4.90 Å². The Kier molecular flexibility index (Phi) is 5.84. The molecular weight excluding hydrogens is 409 g/mol. The number of hydrogen-bond acceptors (Lipinski definition) is 4. The molecule has 2 aliphatic rings. The number of fused-ring (bicyclic) bond motifs is 1. The molecular formula is C22H23F3N4O2. The van der Waals surface area contributed by atoms with Crippen molar-refractivity contribution >= 4 is 23.3 Å². The van der Waals surface area contributed by atoms with Gasteiger partial charge >= 0.3 is 6.18 Å². The Morgan fingerprint density at radius 2 is 1.84 bits per heavy atom. The first-order valence-corrected chi connectivity index (χ1v) is 10.3. The van der Waals surface area contributed by atoms with Gasteiger partial charge in [0, 0.05) is 50.4 Å². The van der Waals surface area contributed by atoms with Gasteiger partial charge in [-0.15, -0.1) is 0 Å². The van der Waals surface area contributed by atoms with Crippen LogP contribution in [0.2, 0.25) is 0 Å². The Bertz CT molecular complexity index is 954. The largest absolute Gasteiger partial charge is 0.417 e. The number of hydrogen-bond donors (Lipinski definition) is 1. The highest BCUT2D eigenvalue weighted by Crippen LogP contribution is 2.30. The van der Waals surface area contributed by atoms with E-state index in [2.05, 4.69) is 10.3 Å². The maximum Gasteiger partial charge on any atom is 0.417 e. The number of aromatic nitrogens is 1. The molecule has 0 radical (unpaired) electrons. The number of amides is 2. The van der Waals surface area contributed by atoms with Crippen LogP contribution >= 0.6 is 0 Å². The molecule has 164 valence electrons. The Labute approximate surface area is 178 Å². The van der Waals surface area contributed by atoms with Crippen LogP contribution in [0, 0.1) is 5.92 Å². The number of piperazine rings is 1. The van der Waals surface area contributed by atoms with Crippen LogP contribution in [0.3, 0.4) is 0 Å². The van der Waals surface area contributed by atoms with Crippen molar-refractivity contribution in [2.24, 2.45) is 5.92 Å². The van der Waals surface area contributed by atoms with E-state index in [0.717, 1.165) is 23.5 Å². The normalized spacial score (nSPS) is 19.1. The summed E-state index contributed by atoms with van der Waals surface area (Å²) in [6.07, 6.45) is -2.17. The minimum Gasteiger partial charge on any atom is -0.353 e. The second-order valence-corrected chi connectivity index (χ2v) is 7.86. The number of benzene rings is 1. The lowest BCUT2D eigenvalue weighted by Gasteiger charge is -2.35. The average Bonchev–Trinajstić information content (AvgIpc) is 2.77. The van der Waals surface area contributed by atoms with E-state index in [9.17, 15) is 22.8 Å². The zero-order valence-electron chi connectivity index (χ0n) is 16.9. The Balaban J connectivity index is 1.26. The molecule has 0 spiro atoms. The van der Waals surface area contributed by atoms with Crippen LogP contribution < -0.4 is 10.2 Å². The summed E-state index contributed by atoms with van der Waals surface area (Å²) in [5, 5.41) is 2.90. The van der Waals surface area contributed by atoms with Crippen LogP contribution in [0.15, 0.2) is 42.6 Å². The van der Waals surface area contributed by atoms with Crippen LogP contribution in [0.5, 0.6) is 0 Å². The van der Waals surface area contributed by atoms with Crippen LogP contribution in [-0.2, 0) is 22.2 Å². The smallest absolute Gasteiger partial charge is 0.353 e. The van der Waals surface area contributed by atoms with Crippen molar-refractivity contribution < 1.29 is 22.8 Å². The summed E-state index contributed by atoms with van der Waals surface area (Å²) in [4.78, 5) is 32.5. The molecule has 1 unspecified atom stereocenters. The summed E-state index contributed by atoms with van der Waals surface area (Å²) in [6.45, 7) is 1.95. The van der Waals surface area contributed by atoms with E-state index in [1.807, 2.05) is 29.2 Å². The lowest BCUT2D eigenvalue weighted by Crippen LogP contribution is -2.49. The van der Waals surface area contributed by atoms with Crippen LogP contribution in [-0.4, -0.2) is 47.9 Å². The molecule has 6 nitrogen and oxygen atoms in total. The first-order valence-electron chi connectivity index (χ1n) is 10.3. The molecule has 1 aromatic carbocycles. The van der Waals surface area contributed by atoms with Crippen LogP contribution in [0.25, 0.3) is 0 Å². The van der Waals surface area contributed by atoms with Crippen molar-refractivity contribution in [3.05, 3.63) is 53.7 Å². The van der Waals surface area contributed by atoms with Gasteiger partial charge in [-0.3, -0.25) is 9.59 Å². The molecule has 1 fully saturated rings. The fourth-order valence-electron chi connectivity index (χ4n) is 4.03. The van der Waals surface area contributed by atoms with E-state index in [1.165, 1.54) is 6.07 Å². The summed E-state index contributed by atoms with van der Waals surface area (Å²) in [5.74, 6) is 0.186. The fourth-order valence-corrected chi connectivity index (χ4v) is 4.03. The molecule has 0 bridgehead atoms. The zero-order chi connectivity index (χ0) is 22.0. The van der Waals surface area contributed by atoms with Crippen molar-refractivity contribution in [1.82, 2.24) is 9.88 Å². The standard InChI is InChI=1S/C22H23F3N4O2/c23-22(24,25)17-6-7-19(26-14-17)28-9-11-29(12-10-28)20(30)8-5-16-13-15-3-1-2-4-18(15)27-21(16)31/h1-4,6-7,14,16H,5,8-13H2,(H,27,31). The summed E-state index contributed by atoms with van der Waals surface area (Å²) in [6, 6.07) is 10.1. The van der Waals surface area contributed by atoms with E-state index in [-0.39, 0.29) is 17.7 Å². The molecule has 9 heteroatoms. The first kappa shape index (κ1) is 21.1. The van der Waals surface area contributed by atoms with Gasteiger partial charge in [-0.05, 0) is 36.6 Å². The molecule has 2 aromatic rings. The number of pyridine rings is 1. The number of nitrogens with zero attached hydrogens (tertiary/aromatic N) is 3. The molecule has 2 aliphatic heterocycles. The van der Waals surface area contributed by atoms with Gasteiger partial charge in [-0.2, -0.15) is 13.2 Å². The van der Waals surface area contributed by atoms with Gasteiger partial charge < -0.3 is 15.1 Å². The Morgan fingerprint density at radius 1 is 1.10 bits per heavy atom. The number of para-hydroxylation sites is 1.